The first-order valence-electron chi connectivity index (χ1n) is 7.63. The fraction of sp³-hybridized carbons (Fsp3) is 0.250. The van der Waals surface area contributed by atoms with Crippen LogP contribution in [-0.2, 0) is 6.42 Å². The molecule has 0 atom stereocenters. The molecule has 0 saturated carbocycles. The molecule has 0 radical (unpaired) electrons. The second-order valence-corrected chi connectivity index (χ2v) is 6.96. The van der Waals surface area contributed by atoms with Crippen molar-refractivity contribution in [3.63, 3.8) is 0 Å². The van der Waals surface area contributed by atoms with Crippen molar-refractivity contribution in [3.8, 4) is 22.1 Å². The number of benzene rings is 1. The standard InChI is InChI=1S/C16H15FN6S/c1-9(2)7-12-8-13(19-18-12)15-22-23-14(20-21-16(23)24-15)10-3-5-11(17)6-4-10/h3-6,8-9H,7H2,1-2H3,(H,18,19). The van der Waals surface area contributed by atoms with Gasteiger partial charge >= 0.3 is 0 Å². The number of rotatable bonds is 4. The normalized spacial score (nSPS) is 11.7. The quantitative estimate of drug-likeness (QED) is 0.615. The van der Waals surface area contributed by atoms with E-state index < -0.39 is 0 Å². The van der Waals surface area contributed by atoms with Gasteiger partial charge in [-0.15, -0.1) is 10.2 Å². The topological polar surface area (TPSA) is 71.8 Å². The number of H-pyrrole nitrogens is 1. The molecule has 3 aromatic heterocycles. The van der Waals surface area contributed by atoms with Crippen molar-refractivity contribution in [1.82, 2.24) is 30.0 Å². The van der Waals surface area contributed by atoms with Gasteiger partial charge in [0.25, 0.3) is 0 Å². The Labute approximate surface area is 141 Å². The third-order valence-corrected chi connectivity index (χ3v) is 4.49. The maximum atomic E-state index is 13.1. The molecule has 0 unspecified atom stereocenters. The summed E-state index contributed by atoms with van der Waals surface area (Å²) in [7, 11) is 0. The highest BCUT2D eigenvalue weighted by molar-refractivity contribution is 7.19. The monoisotopic (exact) mass is 342 g/mol. The summed E-state index contributed by atoms with van der Waals surface area (Å²) < 4.78 is 14.8. The van der Waals surface area contributed by atoms with Gasteiger partial charge in [0.05, 0.1) is 0 Å². The molecule has 24 heavy (non-hydrogen) atoms. The number of nitrogens with one attached hydrogen (secondary N) is 1. The average Bonchev–Trinajstić information content (AvgIpc) is 3.22. The van der Waals surface area contributed by atoms with Gasteiger partial charge < -0.3 is 0 Å². The van der Waals surface area contributed by atoms with Crippen molar-refractivity contribution in [2.45, 2.75) is 20.3 Å². The molecule has 1 N–H and O–H groups in total. The SMILES string of the molecule is CC(C)Cc1cc(-c2nn3c(-c4ccc(F)cc4)nnc3s2)n[nH]1. The third-order valence-electron chi connectivity index (χ3n) is 3.57. The lowest BCUT2D eigenvalue weighted by Gasteiger charge is -1.98. The van der Waals surface area contributed by atoms with E-state index in [2.05, 4.69) is 39.3 Å². The zero-order valence-electron chi connectivity index (χ0n) is 13.2. The molecule has 3 heterocycles. The number of hydrogen-bond donors (Lipinski definition) is 1. The van der Waals surface area contributed by atoms with Gasteiger partial charge in [-0.3, -0.25) is 5.10 Å². The molecule has 0 spiro atoms. The predicted octanol–water partition coefficient (Wildman–Crippen LogP) is 3.58. The minimum absolute atomic E-state index is 0.285. The largest absolute Gasteiger partial charge is 0.282 e. The molecule has 1 aromatic carbocycles. The van der Waals surface area contributed by atoms with Crippen LogP contribution in [0.1, 0.15) is 19.5 Å². The molecule has 0 fully saturated rings. The minimum atomic E-state index is -0.285. The van der Waals surface area contributed by atoms with Crippen LogP contribution in [0.5, 0.6) is 0 Å². The van der Waals surface area contributed by atoms with Crippen LogP contribution in [0.15, 0.2) is 30.3 Å². The number of nitrogens with zero attached hydrogens (tertiary/aromatic N) is 5. The number of fused-ring (bicyclic) bond motifs is 1. The van der Waals surface area contributed by atoms with Crippen LogP contribution in [0.3, 0.4) is 0 Å². The molecule has 4 aromatic rings. The van der Waals surface area contributed by atoms with E-state index in [0.29, 0.717) is 16.7 Å². The first kappa shape index (κ1) is 14.9. The van der Waals surface area contributed by atoms with E-state index in [9.17, 15) is 4.39 Å². The van der Waals surface area contributed by atoms with Gasteiger partial charge in [-0.05, 0) is 42.7 Å². The fourth-order valence-electron chi connectivity index (χ4n) is 2.51. The van der Waals surface area contributed by atoms with Gasteiger partial charge in [-0.1, -0.05) is 25.2 Å². The molecule has 6 nitrogen and oxygen atoms in total. The Balaban J connectivity index is 1.71. The molecule has 4 rings (SSSR count). The molecule has 0 aliphatic rings. The van der Waals surface area contributed by atoms with Crippen molar-refractivity contribution in [1.29, 1.82) is 0 Å². The highest BCUT2D eigenvalue weighted by Gasteiger charge is 2.16. The van der Waals surface area contributed by atoms with E-state index >= 15 is 0 Å². The Hall–Kier alpha value is -2.61. The Bertz CT molecular complexity index is 982. The van der Waals surface area contributed by atoms with Crippen LogP contribution in [-0.4, -0.2) is 30.0 Å². The van der Waals surface area contributed by atoms with E-state index in [1.165, 1.54) is 23.5 Å². The van der Waals surface area contributed by atoms with Crippen molar-refractivity contribution >= 4 is 16.3 Å². The Morgan fingerprint density at radius 1 is 1.21 bits per heavy atom. The molecule has 8 heteroatoms. The fourth-order valence-corrected chi connectivity index (χ4v) is 3.31. The van der Waals surface area contributed by atoms with E-state index in [1.54, 1.807) is 16.6 Å². The maximum Gasteiger partial charge on any atom is 0.235 e. The first-order chi connectivity index (χ1) is 11.6. The Kier molecular flexibility index (Phi) is 3.61. The van der Waals surface area contributed by atoms with Gasteiger partial charge in [-0.2, -0.15) is 14.7 Å². The molecule has 0 aliphatic carbocycles. The van der Waals surface area contributed by atoms with Gasteiger partial charge in [-0.25, -0.2) is 4.39 Å². The van der Waals surface area contributed by atoms with Gasteiger partial charge in [0.1, 0.15) is 11.5 Å². The summed E-state index contributed by atoms with van der Waals surface area (Å²) in [6, 6.07) is 8.15. The second-order valence-electron chi connectivity index (χ2n) is 6.01. The number of hydrogen-bond acceptors (Lipinski definition) is 5. The highest BCUT2D eigenvalue weighted by atomic mass is 32.1. The zero-order chi connectivity index (χ0) is 16.7. The lowest BCUT2D eigenvalue weighted by molar-refractivity contribution is 0.628. The van der Waals surface area contributed by atoms with E-state index in [4.69, 9.17) is 0 Å². The third kappa shape index (κ3) is 2.69. The van der Waals surface area contributed by atoms with Crippen LogP contribution in [0.25, 0.3) is 27.1 Å². The van der Waals surface area contributed by atoms with Crippen molar-refractivity contribution < 1.29 is 4.39 Å². The van der Waals surface area contributed by atoms with Crippen LogP contribution >= 0.6 is 11.3 Å². The van der Waals surface area contributed by atoms with Crippen LogP contribution in [0, 0.1) is 11.7 Å². The van der Waals surface area contributed by atoms with E-state index in [-0.39, 0.29) is 5.82 Å². The predicted molar refractivity (Wildman–Crippen MR) is 90.2 cm³/mol. The Morgan fingerprint density at radius 2 is 2.00 bits per heavy atom. The summed E-state index contributed by atoms with van der Waals surface area (Å²) in [5.41, 5.74) is 2.65. The van der Waals surface area contributed by atoms with Crippen LogP contribution in [0.2, 0.25) is 0 Å². The summed E-state index contributed by atoms with van der Waals surface area (Å²) in [6.07, 6.45) is 0.942. The van der Waals surface area contributed by atoms with E-state index in [0.717, 1.165) is 28.4 Å². The van der Waals surface area contributed by atoms with Crippen molar-refractivity contribution in [3.05, 3.63) is 41.8 Å². The molecule has 0 amide bonds. The minimum Gasteiger partial charge on any atom is -0.282 e. The zero-order valence-corrected chi connectivity index (χ0v) is 14.0. The summed E-state index contributed by atoms with van der Waals surface area (Å²) in [5.74, 6) is 0.860. The Morgan fingerprint density at radius 3 is 2.75 bits per heavy atom. The summed E-state index contributed by atoms with van der Waals surface area (Å²) >= 11 is 1.42. The molecular weight excluding hydrogens is 327 g/mol. The lowest BCUT2D eigenvalue weighted by atomic mass is 10.1. The smallest absolute Gasteiger partial charge is 0.235 e. The van der Waals surface area contributed by atoms with Gasteiger partial charge in [0, 0.05) is 11.3 Å². The number of aromatic nitrogens is 6. The highest BCUT2D eigenvalue weighted by Crippen LogP contribution is 2.27. The molecule has 0 saturated heterocycles. The maximum absolute atomic E-state index is 13.1. The summed E-state index contributed by atoms with van der Waals surface area (Å²) in [4.78, 5) is 0.678. The summed E-state index contributed by atoms with van der Waals surface area (Å²) in [5, 5.41) is 21.0. The molecule has 0 bridgehead atoms. The van der Waals surface area contributed by atoms with E-state index in [1.807, 2.05) is 6.07 Å². The first-order valence-corrected chi connectivity index (χ1v) is 8.44. The number of halogens is 1. The van der Waals surface area contributed by atoms with Crippen LogP contribution in [0.4, 0.5) is 4.39 Å². The molecular formula is C16H15FN6S. The molecule has 0 aliphatic heterocycles. The van der Waals surface area contributed by atoms with Crippen molar-refractivity contribution in [2.75, 3.05) is 0 Å². The second kappa shape index (κ2) is 5.79. The summed E-state index contributed by atoms with van der Waals surface area (Å²) in [6.45, 7) is 4.33. The molecule has 122 valence electrons. The van der Waals surface area contributed by atoms with Crippen molar-refractivity contribution in [2.24, 2.45) is 5.92 Å². The lowest BCUT2D eigenvalue weighted by Crippen LogP contribution is -1.93. The van der Waals surface area contributed by atoms with Gasteiger partial charge in [0.15, 0.2) is 10.8 Å². The van der Waals surface area contributed by atoms with Crippen LogP contribution < -0.4 is 0 Å². The average molecular weight is 342 g/mol. The number of aromatic amines is 1. The van der Waals surface area contributed by atoms with Gasteiger partial charge in [0.2, 0.25) is 4.96 Å².